The number of nitrogens with two attached hydrogens (primary N) is 2. The molecule has 9 nitrogen and oxygen atoms in total. The minimum absolute atomic E-state index is 0.0268. The van der Waals surface area contributed by atoms with Gasteiger partial charge in [0.2, 0.25) is 11.9 Å². The van der Waals surface area contributed by atoms with Crippen LogP contribution in [0.25, 0.3) is 0 Å². The monoisotopic (exact) mass is 425 g/mol. The first kappa shape index (κ1) is 22.7. The smallest absolute Gasteiger partial charge is 0.382 e. The average Bonchev–Trinajstić information content (AvgIpc) is 2.66. The molecule has 7 N–H and O–H groups in total. The van der Waals surface area contributed by atoms with E-state index in [1.54, 1.807) is 31.2 Å². The van der Waals surface area contributed by atoms with Crippen LogP contribution in [0.3, 0.4) is 0 Å². The Morgan fingerprint density at radius 3 is 2.23 bits per heavy atom. The van der Waals surface area contributed by atoms with Crippen molar-refractivity contribution in [2.45, 2.75) is 26.1 Å². The first-order valence-corrected chi connectivity index (χ1v) is 8.86. The van der Waals surface area contributed by atoms with Gasteiger partial charge in [-0.3, -0.25) is 9.59 Å². The fourth-order valence-corrected chi connectivity index (χ4v) is 2.35. The standard InChI is InChI=1S/C18H22F3N7O2/c1-9(14(22)29)10(2)26-11-3-5-12(6-4-11)27-17-24-7-13(15(23)30)16(28-17)25-8-18(19,20)21/h3-7,9-10,26H,8H2,1-2H3,(H2,22,29)(H2,23,30)(H2,24,25,27,28). The molecule has 0 radical (unpaired) electrons. The van der Waals surface area contributed by atoms with Gasteiger partial charge in [-0.05, 0) is 31.2 Å². The number of carbonyl (C=O) groups excluding carboxylic acids is 2. The van der Waals surface area contributed by atoms with Crippen LogP contribution in [0.4, 0.5) is 36.3 Å². The van der Waals surface area contributed by atoms with Gasteiger partial charge in [-0.1, -0.05) is 6.92 Å². The molecule has 30 heavy (non-hydrogen) atoms. The average molecular weight is 425 g/mol. The molecule has 2 aromatic rings. The number of carbonyl (C=O) groups is 2. The number of hydrogen-bond acceptors (Lipinski definition) is 7. The van der Waals surface area contributed by atoms with Crippen LogP contribution in [0.1, 0.15) is 24.2 Å². The summed E-state index contributed by atoms with van der Waals surface area (Å²) in [6, 6.07) is 6.63. The third-order valence-corrected chi connectivity index (χ3v) is 4.24. The molecular weight excluding hydrogens is 403 g/mol. The SMILES string of the molecule is CC(Nc1ccc(Nc2ncc(C(N)=O)c(NCC(F)(F)F)n2)cc1)C(C)C(N)=O. The fourth-order valence-electron chi connectivity index (χ4n) is 2.35. The quantitative estimate of drug-likeness (QED) is 0.414. The van der Waals surface area contributed by atoms with Gasteiger partial charge >= 0.3 is 6.18 Å². The lowest BCUT2D eigenvalue weighted by molar-refractivity contribution is -0.121. The van der Waals surface area contributed by atoms with Crippen LogP contribution in [0.5, 0.6) is 0 Å². The Morgan fingerprint density at radius 1 is 1.10 bits per heavy atom. The Morgan fingerprint density at radius 2 is 1.70 bits per heavy atom. The zero-order valence-electron chi connectivity index (χ0n) is 16.2. The molecule has 0 aliphatic heterocycles. The lowest BCUT2D eigenvalue weighted by atomic mass is 10.0. The third kappa shape index (κ3) is 6.50. The highest BCUT2D eigenvalue weighted by atomic mass is 19.4. The Kier molecular flexibility index (Phi) is 7.03. The lowest BCUT2D eigenvalue weighted by Gasteiger charge is -2.20. The van der Waals surface area contributed by atoms with Gasteiger partial charge in [0.15, 0.2) is 0 Å². The van der Waals surface area contributed by atoms with Gasteiger partial charge in [-0.25, -0.2) is 4.98 Å². The van der Waals surface area contributed by atoms with Gasteiger partial charge in [0.1, 0.15) is 12.4 Å². The number of halogens is 3. The maximum atomic E-state index is 12.5. The zero-order chi connectivity index (χ0) is 22.5. The molecule has 0 fully saturated rings. The molecule has 1 aromatic heterocycles. The summed E-state index contributed by atoms with van der Waals surface area (Å²) in [7, 11) is 0. The number of alkyl halides is 3. The molecule has 2 amide bonds. The number of hydrogen-bond donors (Lipinski definition) is 5. The van der Waals surface area contributed by atoms with Crippen LogP contribution in [-0.4, -0.2) is 40.5 Å². The minimum Gasteiger partial charge on any atom is -0.382 e. The van der Waals surface area contributed by atoms with Gasteiger partial charge in [0, 0.05) is 23.6 Å². The maximum absolute atomic E-state index is 12.5. The van der Waals surface area contributed by atoms with E-state index in [1.165, 1.54) is 0 Å². The molecule has 1 aromatic carbocycles. The van der Waals surface area contributed by atoms with E-state index in [0.717, 1.165) is 11.9 Å². The molecule has 2 unspecified atom stereocenters. The van der Waals surface area contributed by atoms with Crippen molar-refractivity contribution in [1.29, 1.82) is 0 Å². The topological polar surface area (TPSA) is 148 Å². The Hall–Kier alpha value is -3.57. The normalized spacial score (nSPS) is 13.2. The molecule has 1 heterocycles. The van der Waals surface area contributed by atoms with Crippen molar-refractivity contribution in [1.82, 2.24) is 9.97 Å². The number of amides is 2. The molecule has 0 saturated heterocycles. The van der Waals surface area contributed by atoms with Crippen LogP contribution in [0.15, 0.2) is 30.5 Å². The second kappa shape index (κ2) is 9.29. The molecule has 0 aliphatic carbocycles. The van der Waals surface area contributed by atoms with Crippen LogP contribution in [-0.2, 0) is 4.79 Å². The number of aromatic nitrogens is 2. The maximum Gasteiger partial charge on any atom is 0.405 e. The van der Waals surface area contributed by atoms with E-state index in [-0.39, 0.29) is 29.3 Å². The molecule has 12 heteroatoms. The number of benzene rings is 1. The van der Waals surface area contributed by atoms with Crippen LogP contribution >= 0.6 is 0 Å². The summed E-state index contributed by atoms with van der Waals surface area (Å²) in [5.74, 6) is -2.10. The number of nitrogens with zero attached hydrogens (tertiary/aromatic N) is 2. The van der Waals surface area contributed by atoms with E-state index in [1.807, 2.05) is 12.2 Å². The third-order valence-electron chi connectivity index (χ3n) is 4.24. The molecule has 162 valence electrons. The lowest BCUT2D eigenvalue weighted by Crippen LogP contribution is -2.34. The van der Waals surface area contributed by atoms with E-state index >= 15 is 0 Å². The van der Waals surface area contributed by atoms with Crippen molar-refractivity contribution in [2.75, 3.05) is 22.5 Å². The van der Waals surface area contributed by atoms with Gasteiger partial charge in [-0.15, -0.1) is 0 Å². The van der Waals surface area contributed by atoms with E-state index in [4.69, 9.17) is 11.5 Å². The second-order valence-electron chi connectivity index (χ2n) is 6.62. The minimum atomic E-state index is -4.50. The van der Waals surface area contributed by atoms with Gasteiger partial charge in [-0.2, -0.15) is 18.2 Å². The van der Waals surface area contributed by atoms with E-state index < -0.39 is 24.5 Å². The van der Waals surface area contributed by atoms with Crippen molar-refractivity contribution in [3.05, 3.63) is 36.0 Å². The molecule has 0 aliphatic rings. The molecule has 2 rings (SSSR count). The van der Waals surface area contributed by atoms with Gasteiger partial charge < -0.3 is 27.4 Å². The first-order chi connectivity index (χ1) is 14.0. The highest BCUT2D eigenvalue weighted by Gasteiger charge is 2.28. The summed E-state index contributed by atoms with van der Waals surface area (Å²) in [4.78, 5) is 30.4. The van der Waals surface area contributed by atoms with Crippen LogP contribution < -0.4 is 27.4 Å². The molecule has 2 atom stereocenters. The fraction of sp³-hybridized carbons (Fsp3) is 0.333. The highest BCUT2D eigenvalue weighted by Crippen LogP contribution is 2.22. The van der Waals surface area contributed by atoms with Crippen LogP contribution in [0, 0.1) is 5.92 Å². The predicted octanol–water partition coefficient (Wildman–Crippen LogP) is 2.22. The summed E-state index contributed by atoms with van der Waals surface area (Å²) < 4.78 is 37.4. The molecule has 0 spiro atoms. The van der Waals surface area contributed by atoms with Gasteiger partial charge in [0.25, 0.3) is 5.91 Å². The van der Waals surface area contributed by atoms with Crippen molar-refractivity contribution < 1.29 is 22.8 Å². The highest BCUT2D eigenvalue weighted by molar-refractivity contribution is 5.97. The van der Waals surface area contributed by atoms with Crippen LogP contribution in [0.2, 0.25) is 0 Å². The Labute approximate surface area is 170 Å². The Bertz CT molecular complexity index is 904. The zero-order valence-corrected chi connectivity index (χ0v) is 16.2. The predicted molar refractivity (Wildman–Crippen MR) is 106 cm³/mol. The summed E-state index contributed by atoms with van der Waals surface area (Å²) >= 11 is 0. The van der Waals surface area contributed by atoms with E-state index in [2.05, 4.69) is 20.6 Å². The number of rotatable bonds is 9. The summed E-state index contributed by atoms with van der Waals surface area (Å²) in [6.07, 6.45) is -3.46. The first-order valence-electron chi connectivity index (χ1n) is 8.86. The van der Waals surface area contributed by atoms with Crippen molar-refractivity contribution >= 4 is 35.0 Å². The second-order valence-corrected chi connectivity index (χ2v) is 6.62. The largest absolute Gasteiger partial charge is 0.405 e. The number of primary amides is 2. The summed E-state index contributed by atoms with van der Waals surface area (Å²) in [6.45, 7) is 2.16. The molecular formula is C18H22F3N7O2. The summed E-state index contributed by atoms with van der Waals surface area (Å²) in [5.41, 5.74) is 11.5. The van der Waals surface area contributed by atoms with Crippen molar-refractivity contribution in [3.63, 3.8) is 0 Å². The van der Waals surface area contributed by atoms with E-state index in [0.29, 0.717) is 5.69 Å². The molecule has 0 saturated carbocycles. The summed E-state index contributed by atoms with van der Waals surface area (Å²) in [5, 5.41) is 8.02. The van der Waals surface area contributed by atoms with E-state index in [9.17, 15) is 22.8 Å². The Balaban J connectivity index is 2.12. The van der Waals surface area contributed by atoms with Crippen molar-refractivity contribution in [3.8, 4) is 0 Å². The van der Waals surface area contributed by atoms with Crippen molar-refractivity contribution in [2.24, 2.45) is 17.4 Å². The van der Waals surface area contributed by atoms with Gasteiger partial charge in [0.05, 0.1) is 11.5 Å². The number of anilines is 4. The molecule has 0 bridgehead atoms. The number of nitrogens with one attached hydrogen (secondary N) is 3.